The summed E-state index contributed by atoms with van der Waals surface area (Å²) in [7, 11) is 0. The summed E-state index contributed by atoms with van der Waals surface area (Å²) in [5, 5.41) is 3.74. The van der Waals surface area contributed by atoms with Gasteiger partial charge in [-0.15, -0.1) is 0 Å². The van der Waals surface area contributed by atoms with Crippen LogP contribution in [-0.4, -0.2) is 57.2 Å². The maximum atomic E-state index is 5.07. The number of pyridine rings is 2. The first-order valence-electron chi connectivity index (χ1n) is 33.4. The van der Waals surface area contributed by atoms with Crippen molar-refractivity contribution in [1.82, 2.24) is 25.1 Å². The van der Waals surface area contributed by atoms with Gasteiger partial charge in [-0.25, -0.2) is 19.9 Å². The number of aromatic nitrogens is 5. The molecule has 9 nitrogen and oxygen atoms in total. The number of benzene rings is 1. The van der Waals surface area contributed by atoms with Gasteiger partial charge < -0.3 is 19.0 Å². The van der Waals surface area contributed by atoms with Gasteiger partial charge in [0.2, 0.25) is 0 Å². The molecule has 1 N–H and O–H groups in total. The highest BCUT2D eigenvalue weighted by Crippen LogP contribution is 2.62. The molecule has 3 aliphatic heterocycles. The minimum absolute atomic E-state index is 0.430. The number of aliphatic imine (C=N–C) groups is 1. The van der Waals surface area contributed by atoms with Crippen LogP contribution < -0.4 is 0 Å². The van der Waals surface area contributed by atoms with Gasteiger partial charge in [-0.1, -0.05) is 144 Å². The summed E-state index contributed by atoms with van der Waals surface area (Å²) in [6.45, 7) is 31.2. The molecule has 0 radical (unpaired) electrons. The maximum absolute atomic E-state index is 5.07. The molecule has 0 amide bonds. The second kappa shape index (κ2) is 33.5. The van der Waals surface area contributed by atoms with Gasteiger partial charge in [0.05, 0.1) is 11.2 Å². The molecule has 2 saturated heterocycles. The predicted molar refractivity (Wildman–Crippen MR) is 343 cm³/mol. The van der Waals surface area contributed by atoms with E-state index in [-0.39, 0.29) is 0 Å². The first kappa shape index (κ1) is 65.3. The zero-order valence-corrected chi connectivity index (χ0v) is 53.7. The largest absolute Gasteiger partial charge is 0.381 e. The molecule has 9 saturated carbocycles. The lowest BCUT2D eigenvalue weighted by molar-refractivity contribution is -0.0789. The van der Waals surface area contributed by atoms with Gasteiger partial charge in [0, 0.05) is 68.5 Å². The SMILES string of the molecule is C1CCOC1.C1CCOCC1.CC(C)C12CC3CC(CC(C3)C1)C2.CC(C)C1=Nc2ncccc2C1.CC(C)C1CC2CCC1C2.CC(C)C1CCC2CC1C2.CC(C)c1ccon1.CC(C)c1nc2ncccc2[nH]1.c1ccccc1. The van der Waals surface area contributed by atoms with E-state index >= 15 is 0 Å². The van der Waals surface area contributed by atoms with E-state index < -0.39 is 0 Å². The highest BCUT2D eigenvalue weighted by molar-refractivity contribution is 5.94. The number of aromatic amines is 1. The summed E-state index contributed by atoms with van der Waals surface area (Å²) < 4.78 is 14.6. The Kier molecular flexibility index (Phi) is 26.7. The van der Waals surface area contributed by atoms with Gasteiger partial charge >= 0.3 is 0 Å². The molecule has 11 fully saturated rings. The molecule has 4 atom stereocenters. The van der Waals surface area contributed by atoms with Crippen LogP contribution >= 0.6 is 0 Å². The fourth-order valence-electron chi connectivity index (χ4n) is 15.5. The van der Waals surface area contributed by atoms with E-state index in [1.165, 1.54) is 49.8 Å². The lowest BCUT2D eigenvalue weighted by Crippen LogP contribution is -2.48. The van der Waals surface area contributed by atoms with Crippen LogP contribution in [0.5, 0.6) is 0 Å². The third-order valence-corrected chi connectivity index (χ3v) is 20.2. The summed E-state index contributed by atoms with van der Waals surface area (Å²) in [5.74, 6) is 16.4. The standard InChI is InChI=1S/C13H22.C10H12N2.2C10H18.C9H11N3.C6H9NO.C6H6.C5H10O.C4H8O/c1-9(2)13-6-10-3-11(7-13)5-12(4-10)8-13;1-7(2)9-6-8-4-3-5-11-10(8)12-9;1-7(2)10-4-3-8-5-9(10)6-8;1-7(2)10-6-8-3-4-9(10)5-8;1-6(2)8-11-7-4-3-5-10-9(7)12-8;1-5(2)6-3-4-8-7-6;2*1-2-4-6-5-3-1;1-2-4-5-3-1/h9-12H,3-8H2,1-2H3;3-5,7H,6H2,1-2H3;2*7-10H,3-6H2,1-2H3;3-6H,1-2H3,(H,10,11,12);3-5H,1-2H3;1-6H;1-5H2;1-4H2. The summed E-state index contributed by atoms with van der Waals surface area (Å²) in [6, 6.07) is 21.8. The topological polar surface area (TPSA) is 111 Å². The van der Waals surface area contributed by atoms with Crippen LogP contribution in [0, 0.1) is 82.3 Å². The highest BCUT2D eigenvalue weighted by Gasteiger charge is 2.52. The summed E-state index contributed by atoms with van der Waals surface area (Å²) >= 11 is 0. The molecule has 7 heterocycles. The zero-order valence-electron chi connectivity index (χ0n) is 53.7. The minimum atomic E-state index is 0.430. The molecule has 5 aromatic rings. The van der Waals surface area contributed by atoms with Crippen LogP contribution in [-0.2, 0) is 15.9 Å². The van der Waals surface area contributed by atoms with Gasteiger partial charge in [0.25, 0.3) is 0 Å². The van der Waals surface area contributed by atoms with E-state index in [4.69, 9.17) is 9.47 Å². The maximum Gasteiger partial charge on any atom is 0.177 e. The second-order valence-electron chi connectivity index (χ2n) is 28.4. The van der Waals surface area contributed by atoms with Crippen molar-refractivity contribution in [3.8, 4) is 0 Å². The van der Waals surface area contributed by atoms with Gasteiger partial charge in [-0.3, -0.25) is 0 Å². The Bertz CT molecular complexity index is 2390. The number of nitrogens with one attached hydrogen (secondary N) is 1. The molecule has 4 unspecified atom stereocenters. The van der Waals surface area contributed by atoms with E-state index in [1.807, 2.05) is 60.7 Å². The molecule has 1 aromatic carbocycles. The average Bonchev–Trinajstić information content (AvgIpc) is 4.55. The Labute approximate surface area is 499 Å². The van der Waals surface area contributed by atoms with Gasteiger partial charge in [0.1, 0.15) is 12.1 Å². The highest BCUT2D eigenvalue weighted by atomic mass is 16.5. The Hall–Kier alpha value is -4.21. The van der Waals surface area contributed by atoms with Crippen molar-refractivity contribution >= 4 is 22.7 Å². The van der Waals surface area contributed by atoms with E-state index in [1.54, 1.807) is 102 Å². The number of hydrogen-bond donors (Lipinski definition) is 1. The van der Waals surface area contributed by atoms with Crippen LogP contribution in [0.3, 0.4) is 0 Å². The first-order valence-corrected chi connectivity index (χ1v) is 33.4. The average molecular weight is 1120 g/mol. The quantitative estimate of drug-likeness (QED) is 0.180. The molecule has 9 heteroatoms. The molecule has 9 aliphatic carbocycles. The normalized spacial score (nSPS) is 28.1. The van der Waals surface area contributed by atoms with E-state index in [0.717, 1.165) is 138 Å². The third-order valence-electron chi connectivity index (χ3n) is 20.2. The number of hydrogen-bond acceptors (Lipinski definition) is 8. The van der Waals surface area contributed by atoms with Gasteiger partial charge in [-0.05, 0) is 216 Å². The van der Waals surface area contributed by atoms with Crippen molar-refractivity contribution in [2.24, 2.45) is 87.3 Å². The monoisotopic (exact) mass is 1120 g/mol. The molecular formula is C73H114N6O3. The van der Waals surface area contributed by atoms with E-state index in [2.05, 4.69) is 124 Å². The van der Waals surface area contributed by atoms with Crippen molar-refractivity contribution in [2.75, 3.05) is 26.4 Å². The number of imidazole rings is 1. The summed E-state index contributed by atoms with van der Waals surface area (Å²) in [5.41, 5.74) is 6.16. The molecule has 12 aliphatic rings. The molecule has 4 aromatic heterocycles. The van der Waals surface area contributed by atoms with Gasteiger partial charge in [-0.2, -0.15) is 0 Å². The minimum Gasteiger partial charge on any atom is -0.381 e. The van der Waals surface area contributed by atoms with E-state index in [9.17, 15) is 0 Å². The number of nitrogens with zero attached hydrogens (tertiary/aromatic N) is 5. The first-order chi connectivity index (χ1) is 39.6. The Morgan fingerprint density at radius 1 is 0.512 bits per heavy atom. The number of rotatable bonds is 6. The van der Waals surface area contributed by atoms with Crippen molar-refractivity contribution in [1.29, 1.82) is 0 Å². The third kappa shape index (κ3) is 20.2. The Morgan fingerprint density at radius 2 is 1.06 bits per heavy atom. The zero-order chi connectivity index (χ0) is 58.4. The molecular weight excluding hydrogens is 1010 g/mol. The molecule has 0 spiro atoms. The molecule has 454 valence electrons. The van der Waals surface area contributed by atoms with E-state index in [0.29, 0.717) is 17.8 Å². The van der Waals surface area contributed by atoms with Crippen molar-refractivity contribution in [3.05, 3.63) is 102 Å². The van der Waals surface area contributed by atoms with Crippen LogP contribution in [0.4, 0.5) is 5.82 Å². The predicted octanol–water partition coefficient (Wildman–Crippen LogP) is 19.9. The van der Waals surface area contributed by atoms with Crippen LogP contribution in [0.1, 0.15) is 234 Å². The van der Waals surface area contributed by atoms with Crippen molar-refractivity contribution < 1.29 is 14.0 Å². The van der Waals surface area contributed by atoms with Gasteiger partial charge in [0.15, 0.2) is 11.5 Å². The Morgan fingerprint density at radius 3 is 1.44 bits per heavy atom. The fourth-order valence-corrected chi connectivity index (χ4v) is 15.5. The number of fused-ring (bicyclic) bond motifs is 6. The molecule has 82 heavy (non-hydrogen) atoms. The smallest absolute Gasteiger partial charge is 0.177 e. The summed E-state index contributed by atoms with van der Waals surface area (Å²) in [4.78, 5) is 20.4. The van der Waals surface area contributed by atoms with Crippen molar-refractivity contribution in [3.63, 3.8) is 0 Å². The Balaban J connectivity index is 0.000000135. The van der Waals surface area contributed by atoms with Crippen LogP contribution in [0.15, 0.2) is 94.9 Å². The lowest BCUT2D eigenvalue weighted by atomic mass is 9.47. The van der Waals surface area contributed by atoms with Crippen LogP contribution in [0.2, 0.25) is 0 Å². The fraction of sp³-hybridized carbons (Fsp3) is 0.712. The molecule has 17 rings (SSSR count). The van der Waals surface area contributed by atoms with Crippen molar-refractivity contribution in [2.45, 2.75) is 223 Å². The van der Waals surface area contributed by atoms with Crippen LogP contribution in [0.25, 0.3) is 11.2 Å². The summed E-state index contributed by atoms with van der Waals surface area (Å²) in [6.07, 6.45) is 34.6. The molecule has 8 bridgehead atoms. The number of H-pyrrole nitrogens is 1. The number of ether oxygens (including phenoxy) is 2. The lowest BCUT2D eigenvalue weighted by Gasteiger charge is -2.58. The second-order valence-corrected chi connectivity index (χ2v) is 28.4.